The number of amides is 2. The minimum atomic E-state index is -1.13. The number of fused-ring (bicyclic) bond motifs is 1. The fraction of sp³-hybridized carbons (Fsp3) is 0.353. The van der Waals surface area contributed by atoms with E-state index in [0.29, 0.717) is 5.56 Å². The molecule has 8 heteroatoms. The van der Waals surface area contributed by atoms with E-state index in [1.165, 1.54) is 18.1 Å². The number of hydrogen-bond acceptors (Lipinski definition) is 3. The first-order valence-corrected chi connectivity index (χ1v) is 7.87. The number of carbonyl (C=O) groups is 2. The van der Waals surface area contributed by atoms with E-state index in [-0.39, 0.29) is 16.8 Å². The van der Waals surface area contributed by atoms with Crippen molar-refractivity contribution in [2.45, 2.75) is 31.8 Å². The number of halogens is 2. The molecule has 0 aliphatic heterocycles. The van der Waals surface area contributed by atoms with Crippen molar-refractivity contribution in [3.63, 3.8) is 0 Å². The van der Waals surface area contributed by atoms with Crippen LogP contribution in [0, 0.1) is 11.6 Å². The molecule has 1 atom stereocenters. The van der Waals surface area contributed by atoms with Crippen LogP contribution in [-0.2, 0) is 9.59 Å². The molecule has 0 saturated heterocycles. The van der Waals surface area contributed by atoms with Gasteiger partial charge in [-0.25, -0.2) is 8.78 Å². The second-order valence-electron chi connectivity index (χ2n) is 6.22. The van der Waals surface area contributed by atoms with Gasteiger partial charge in [0.1, 0.15) is 0 Å². The number of aromatic nitrogens is 1. The van der Waals surface area contributed by atoms with Crippen molar-refractivity contribution in [3.05, 3.63) is 45.9 Å². The van der Waals surface area contributed by atoms with Crippen molar-refractivity contribution in [1.29, 1.82) is 0 Å². The molecule has 1 saturated carbocycles. The van der Waals surface area contributed by atoms with Crippen LogP contribution in [0.2, 0.25) is 0 Å². The summed E-state index contributed by atoms with van der Waals surface area (Å²) in [5.41, 5.74) is -0.158. The lowest BCUT2D eigenvalue weighted by Crippen LogP contribution is -2.43. The summed E-state index contributed by atoms with van der Waals surface area (Å²) in [6, 6.07) is 1.16. The summed E-state index contributed by atoms with van der Waals surface area (Å²) >= 11 is 0. The molecule has 2 amide bonds. The number of H-pyrrole nitrogens is 1. The third-order valence-corrected chi connectivity index (χ3v) is 4.43. The summed E-state index contributed by atoms with van der Waals surface area (Å²) in [5.74, 6) is -3.66. The zero-order chi connectivity index (χ0) is 18.3. The molecule has 0 bridgehead atoms. The number of nitrogens with zero attached hydrogens (tertiary/aromatic N) is 1. The van der Waals surface area contributed by atoms with Crippen LogP contribution >= 0.6 is 0 Å². The highest BCUT2D eigenvalue weighted by atomic mass is 19.2. The largest absolute Gasteiger partial charge is 0.345 e. The number of nitrogens with one attached hydrogen (secondary N) is 2. The minimum Gasteiger partial charge on any atom is -0.345 e. The summed E-state index contributed by atoms with van der Waals surface area (Å²) in [6.07, 6.45) is 3.05. The number of carbonyl (C=O) groups excluding carboxylic acids is 2. The van der Waals surface area contributed by atoms with E-state index in [2.05, 4.69) is 10.3 Å². The van der Waals surface area contributed by atoms with Gasteiger partial charge in [-0.3, -0.25) is 14.4 Å². The Morgan fingerprint density at radius 3 is 2.44 bits per heavy atom. The van der Waals surface area contributed by atoms with Crippen molar-refractivity contribution in [2.75, 3.05) is 7.05 Å². The van der Waals surface area contributed by atoms with Gasteiger partial charge in [-0.2, -0.15) is 0 Å². The SMILES string of the molecule is C[C@@H](c1c[nH]c(=O)c2cc(F)c(F)cc12)N(C)C(=O)C(=O)NC1CC1. The average Bonchev–Trinajstić information content (AvgIpc) is 3.39. The summed E-state index contributed by atoms with van der Waals surface area (Å²) in [6.45, 7) is 1.64. The molecule has 2 aromatic rings. The molecule has 2 N–H and O–H groups in total. The molecule has 3 rings (SSSR count). The van der Waals surface area contributed by atoms with Gasteiger partial charge in [-0.1, -0.05) is 0 Å². The Morgan fingerprint density at radius 2 is 1.84 bits per heavy atom. The average molecular weight is 349 g/mol. The maximum atomic E-state index is 13.6. The number of rotatable bonds is 3. The lowest BCUT2D eigenvalue weighted by Gasteiger charge is -2.25. The second kappa shape index (κ2) is 6.27. The molecule has 1 aliphatic rings. The molecular formula is C17H17F2N3O3. The van der Waals surface area contributed by atoms with Crippen molar-refractivity contribution in [1.82, 2.24) is 15.2 Å². The number of pyridine rings is 1. The first kappa shape index (κ1) is 17.1. The molecule has 1 heterocycles. The van der Waals surface area contributed by atoms with E-state index in [1.807, 2.05) is 0 Å². The van der Waals surface area contributed by atoms with Crippen molar-refractivity contribution >= 4 is 22.6 Å². The number of hydrogen-bond donors (Lipinski definition) is 2. The van der Waals surface area contributed by atoms with E-state index < -0.39 is 35.0 Å². The smallest absolute Gasteiger partial charge is 0.312 e. The number of benzene rings is 1. The summed E-state index contributed by atoms with van der Waals surface area (Å²) in [4.78, 5) is 39.7. The summed E-state index contributed by atoms with van der Waals surface area (Å²) < 4.78 is 27.1. The highest BCUT2D eigenvalue weighted by molar-refractivity contribution is 6.35. The van der Waals surface area contributed by atoms with E-state index >= 15 is 0 Å². The Bertz CT molecular complexity index is 921. The lowest BCUT2D eigenvalue weighted by molar-refractivity contribution is -0.146. The topological polar surface area (TPSA) is 82.3 Å². The fourth-order valence-electron chi connectivity index (χ4n) is 2.64. The van der Waals surface area contributed by atoms with Crippen LogP contribution in [0.5, 0.6) is 0 Å². The molecule has 6 nitrogen and oxygen atoms in total. The van der Waals surface area contributed by atoms with Gasteiger partial charge < -0.3 is 15.2 Å². The second-order valence-corrected chi connectivity index (χ2v) is 6.22. The predicted molar refractivity (Wildman–Crippen MR) is 86.8 cm³/mol. The van der Waals surface area contributed by atoms with E-state index in [4.69, 9.17) is 0 Å². The van der Waals surface area contributed by atoms with Gasteiger partial charge in [0.25, 0.3) is 5.56 Å². The molecular weight excluding hydrogens is 332 g/mol. The minimum absolute atomic E-state index is 0.0217. The first-order chi connectivity index (χ1) is 11.8. The standard InChI is InChI=1S/C17H17F2N3O3/c1-8(22(2)17(25)16(24)21-9-3-4-9)12-7-20-15(23)11-6-14(19)13(18)5-10(11)12/h5-9H,3-4H2,1-2H3,(H,20,23)(H,21,24)/t8-/m0/s1. The van der Waals surface area contributed by atoms with Crippen molar-refractivity contribution < 1.29 is 18.4 Å². The van der Waals surface area contributed by atoms with Crippen LogP contribution < -0.4 is 10.9 Å². The molecule has 1 aromatic heterocycles. The Morgan fingerprint density at radius 1 is 1.24 bits per heavy atom. The normalized spacial score (nSPS) is 15.0. The molecule has 0 spiro atoms. The quantitative estimate of drug-likeness (QED) is 0.826. The van der Waals surface area contributed by atoms with Crippen LogP contribution in [0.15, 0.2) is 23.1 Å². The van der Waals surface area contributed by atoms with Gasteiger partial charge in [0.05, 0.1) is 11.4 Å². The Labute approximate surface area is 141 Å². The van der Waals surface area contributed by atoms with Crippen LogP contribution in [0.1, 0.15) is 31.4 Å². The lowest BCUT2D eigenvalue weighted by atomic mass is 10.0. The zero-order valence-corrected chi connectivity index (χ0v) is 13.7. The molecule has 1 fully saturated rings. The van der Waals surface area contributed by atoms with Crippen LogP contribution in [-0.4, -0.2) is 34.8 Å². The molecule has 1 aliphatic carbocycles. The third kappa shape index (κ3) is 3.24. The highest BCUT2D eigenvalue weighted by Crippen LogP contribution is 2.27. The molecule has 132 valence electrons. The highest BCUT2D eigenvalue weighted by Gasteiger charge is 2.30. The van der Waals surface area contributed by atoms with Crippen LogP contribution in [0.4, 0.5) is 8.78 Å². The fourth-order valence-corrected chi connectivity index (χ4v) is 2.64. The summed E-state index contributed by atoms with van der Waals surface area (Å²) in [5, 5.41) is 2.78. The van der Waals surface area contributed by atoms with Crippen molar-refractivity contribution in [3.8, 4) is 0 Å². The van der Waals surface area contributed by atoms with Gasteiger partial charge in [0, 0.05) is 19.3 Å². The van der Waals surface area contributed by atoms with Gasteiger partial charge >= 0.3 is 11.8 Å². The van der Waals surface area contributed by atoms with Crippen LogP contribution in [0.25, 0.3) is 10.8 Å². The van der Waals surface area contributed by atoms with E-state index in [1.54, 1.807) is 6.92 Å². The molecule has 0 unspecified atom stereocenters. The van der Waals surface area contributed by atoms with Gasteiger partial charge in [0.15, 0.2) is 11.6 Å². The monoisotopic (exact) mass is 349 g/mol. The first-order valence-electron chi connectivity index (χ1n) is 7.87. The summed E-state index contributed by atoms with van der Waals surface area (Å²) in [7, 11) is 1.44. The molecule has 0 radical (unpaired) electrons. The Hall–Kier alpha value is -2.77. The van der Waals surface area contributed by atoms with Gasteiger partial charge in [-0.05, 0) is 42.8 Å². The molecule has 1 aromatic carbocycles. The Kier molecular flexibility index (Phi) is 4.28. The third-order valence-electron chi connectivity index (χ3n) is 4.43. The zero-order valence-electron chi connectivity index (χ0n) is 13.7. The van der Waals surface area contributed by atoms with Gasteiger partial charge in [-0.15, -0.1) is 0 Å². The van der Waals surface area contributed by atoms with E-state index in [9.17, 15) is 23.2 Å². The number of likely N-dealkylation sites (N-methyl/N-ethyl adjacent to an activating group) is 1. The maximum Gasteiger partial charge on any atom is 0.312 e. The van der Waals surface area contributed by atoms with E-state index in [0.717, 1.165) is 25.0 Å². The predicted octanol–water partition coefficient (Wildman–Crippen LogP) is 1.60. The molecule has 25 heavy (non-hydrogen) atoms. The van der Waals surface area contributed by atoms with Gasteiger partial charge in [0.2, 0.25) is 0 Å². The number of aromatic amines is 1. The maximum absolute atomic E-state index is 13.6. The van der Waals surface area contributed by atoms with Crippen molar-refractivity contribution in [2.24, 2.45) is 0 Å². The Balaban J connectivity index is 1.96. The van der Waals surface area contributed by atoms with Crippen LogP contribution in [0.3, 0.4) is 0 Å².